The van der Waals surface area contributed by atoms with Crippen molar-refractivity contribution in [1.29, 1.82) is 0 Å². The molecule has 0 heterocycles. The molecule has 24 heavy (non-hydrogen) atoms. The van der Waals surface area contributed by atoms with Crippen LogP contribution in [0.15, 0.2) is 47.5 Å². The minimum Gasteiger partial charge on any atom is -0.356 e. The molecular weight excluding hydrogens is 423 g/mol. The fourth-order valence-electron chi connectivity index (χ4n) is 2.29. The van der Waals surface area contributed by atoms with Crippen molar-refractivity contribution in [2.75, 3.05) is 13.6 Å². The number of guanidine groups is 1. The largest absolute Gasteiger partial charge is 0.356 e. The number of hydrogen-bond acceptors (Lipinski definition) is 1. The number of halogens is 3. The van der Waals surface area contributed by atoms with E-state index in [0.29, 0.717) is 19.0 Å². The van der Waals surface area contributed by atoms with E-state index < -0.39 is 11.6 Å². The van der Waals surface area contributed by atoms with Crippen molar-refractivity contribution in [3.63, 3.8) is 0 Å². The summed E-state index contributed by atoms with van der Waals surface area (Å²) in [6.07, 6.45) is 0.254. The summed E-state index contributed by atoms with van der Waals surface area (Å²) >= 11 is 0. The Morgan fingerprint density at radius 3 is 2.29 bits per heavy atom. The second-order valence-electron chi connectivity index (χ2n) is 5.23. The van der Waals surface area contributed by atoms with E-state index in [0.717, 1.165) is 0 Å². The first-order valence-electron chi connectivity index (χ1n) is 7.53. The molecule has 0 aliphatic heterocycles. The standard InChI is InChI=1S/C18H21F2N3.HI/c1-13-6-3-4-7-14(13)12-23-18(21-2)22-11-10-15-16(19)8-5-9-17(15)20;/h3-9H,10-12H2,1-2H3,(H2,21,22,23);1H. The second kappa shape index (κ2) is 10.2. The van der Waals surface area contributed by atoms with Gasteiger partial charge in [0.2, 0.25) is 0 Å². The summed E-state index contributed by atoms with van der Waals surface area (Å²) in [5.74, 6) is -0.436. The minimum atomic E-state index is -0.519. The molecule has 0 bridgehead atoms. The van der Waals surface area contributed by atoms with E-state index in [4.69, 9.17) is 0 Å². The first kappa shape index (κ1) is 20.3. The van der Waals surface area contributed by atoms with Gasteiger partial charge in [-0.3, -0.25) is 4.99 Å². The van der Waals surface area contributed by atoms with Crippen molar-refractivity contribution in [1.82, 2.24) is 10.6 Å². The molecule has 0 aliphatic rings. The average molecular weight is 445 g/mol. The van der Waals surface area contributed by atoms with Crippen LogP contribution in [-0.2, 0) is 13.0 Å². The summed E-state index contributed by atoms with van der Waals surface area (Å²) in [6.45, 7) is 3.08. The van der Waals surface area contributed by atoms with E-state index in [1.807, 2.05) is 31.2 Å². The Balaban J connectivity index is 0.00000288. The molecule has 0 fully saturated rings. The molecule has 0 saturated carbocycles. The van der Waals surface area contributed by atoms with Crippen LogP contribution in [0.5, 0.6) is 0 Å². The van der Waals surface area contributed by atoms with Gasteiger partial charge in [-0.1, -0.05) is 30.3 Å². The summed E-state index contributed by atoms with van der Waals surface area (Å²) in [4.78, 5) is 4.12. The zero-order valence-corrected chi connectivity index (χ0v) is 16.1. The quantitative estimate of drug-likeness (QED) is 0.418. The number of rotatable bonds is 5. The lowest BCUT2D eigenvalue weighted by atomic mass is 10.1. The van der Waals surface area contributed by atoms with Gasteiger partial charge in [-0.05, 0) is 36.6 Å². The molecule has 0 saturated heterocycles. The molecule has 2 N–H and O–H groups in total. The third-order valence-corrected chi connectivity index (χ3v) is 3.66. The Labute approximate surface area is 158 Å². The zero-order valence-electron chi connectivity index (χ0n) is 13.8. The molecule has 0 spiro atoms. The lowest BCUT2D eigenvalue weighted by molar-refractivity contribution is 0.553. The minimum absolute atomic E-state index is 0. The highest BCUT2D eigenvalue weighted by atomic mass is 127. The lowest BCUT2D eigenvalue weighted by Crippen LogP contribution is -2.38. The molecule has 6 heteroatoms. The van der Waals surface area contributed by atoms with Crippen LogP contribution in [0.2, 0.25) is 0 Å². The highest BCUT2D eigenvalue weighted by molar-refractivity contribution is 14.0. The molecule has 3 nitrogen and oxygen atoms in total. The van der Waals surface area contributed by atoms with Gasteiger partial charge in [-0.25, -0.2) is 8.78 Å². The molecular formula is C18H22F2IN3. The summed E-state index contributed by atoms with van der Waals surface area (Å²) < 4.78 is 27.1. The maximum absolute atomic E-state index is 13.6. The summed E-state index contributed by atoms with van der Waals surface area (Å²) in [5.41, 5.74) is 2.47. The fourth-order valence-corrected chi connectivity index (χ4v) is 2.29. The van der Waals surface area contributed by atoms with E-state index >= 15 is 0 Å². The molecule has 0 aromatic heterocycles. The Bertz CT molecular complexity index is 669. The molecule has 2 rings (SSSR count). The van der Waals surface area contributed by atoms with Crippen LogP contribution in [0.1, 0.15) is 16.7 Å². The van der Waals surface area contributed by atoms with Crippen molar-refractivity contribution in [2.45, 2.75) is 19.9 Å². The third-order valence-electron chi connectivity index (χ3n) is 3.66. The van der Waals surface area contributed by atoms with Gasteiger partial charge in [-0.2, -0.15) is 0 Å². The van der Waals surface area contributed by atoms with Crippen molar-refractivity contribution in [3.05, 3.63) is 70.8 Å². The number of nitrogens with one attached hydrogen (secondary N) is 2. The van der Waals surface area contributed by atoms with Crippen molar-refractivity contribution in [2.24, 2.45) is 4.99 Å². The number of aryl methyl sites for hydroxylation is 1. The topological polar surface area (TPSA) is 36.4 Å². The highest BCUT2D eigenvalue weighted by Crippen LogP contribution is 2.12. The third kappa shape index (κ3) is 5.74. The molecule has 2 aromatic carbocycles. The summed E-state index contributed by atoms with van der Waals surface area (Å²) in [7, 11) is 1.66. The van der Waals surface area contributed by atoms with Crippen molar-refractivity contribution in [3.8, 4) is 0 Å². The van der Waals surface area contributed by atoms with Crippen LogP contribution in [0, 0.1) is 18.6 Å². The Kier molecular flexibility index (Phi) is 8.67. The smallest absolute Gasteiger partial charge is 0.191 e. The van der Waals surface area contributed by atoms with Gasteiger partial charge in [0.1, 0.15) is 11.6 Å². The molecule has 0 amide bonds. The van der Waals surface area contributed by atoms with Gasteiger partial charge < -0.3 is 10.6 Å². The first-order chi connectivity index (χ1) is 11.1. The van der Waals surface area contributed by atoms with Crippen LogP contribution in [-0.4, -0.2) is 19.6 Å². The average Bonchev–Trinajstić information content (AvgIpc) is 2.54. The predicted molar refractivity (Wildman–Crippen MR) is 105 cm³/mol. The lowest BCUT2D eigenvalue weighted by Gasteiger charge is -2.13. The van der Waals surface area contributed by atoms with Crippen LogP contribution in [0.25, 0.3) is 0 Å². The molecule has 0 atom stereocenters. The van der Waals surface area contributed by atoms with E-state index in [1.165, 1.54) is 29.3 Å². The predicted octanol–water partition coefficient (Wildman–Crippen LogP) is 3.80. The number of hydrogen-bond donors (Lipinski definition) is 2. The molecule has 0 unspecified atom stereocenters. The summed E-state index contributed by atoms with van der Waals surface area (Å²) in [5, 5.41) is 6.26. The molecule has 130 valence electrons. The number of aliphatic imine (C=N–C) groups is 1. The monoisotopic (exact) mass is 445 g/mol. The van der Waals surface area contributed by atoms with Gasteiger partial charge in [0.25, 0.3) is 0 Å². The van der Waals surface area contributed by atoms with Crippen LogP contribution in [0.4, 0.5) is 8.78 Å². The van der Waals surface area contributed by atoms with Crippen LogP contribution >= 0.6 is 24.0 Å². The van der Waals surface area contributed by atoms with E-state index in [-0.39, 0.29) is 36.0 Å². The molecule has 2 aromatic rings. The Morgan fingerprint density at radius 1 is 1.00 bits per heavy atom. The van der Waals surface area contributed by atoms with E-state index in [1.54, 1.807) is 7.05 Å². The Hall–Kier alpha value is -1.70. The van der Waals surface area contributed by atoms with Crippen LogP contribution < -0.4 is 10.6 Å². The van der Waals surface area contributed by atoms with Crippen LogP contribution in [0.3, 0.4) is 0 Å². The van der Waals surface area contributed by atoms with Crippen molar-refractivity contribution >= 4 is 29.9 Å². The Morgan fingerprint density at radius 2 is 1.67 bits per heavy atom. The van der Waals surface area contributed by atoms with Gasteiger partial charge in [0.05, 0.1) is 0 Å². The van der Waals surface area contributed by atoms with Crippen molar-refractivity contribution < 1.29 is 8.78 Å². The SMILES string of the molecule is CN=C(NCCc1c(F)cccc1F)NCc1ccccc1C.I. The second-order valence-corrected chi connectivity index (χ2v) is 5.23. The maximum Gasteiger partial charge on any atom is 0.191 e. The number of nitrogens with zero attached hydrogens (tertiary/aromatic N) is 1. The van der Waals surface area contributed by atoms with Gasteiger partial charge >= 0.3 is 0 Å². The van der Waals surface area contributed by atoms with E-state index in [9.17, 15) is 8.78 Å². The number of benzene rings is 2. The normalized spacial score (nSPS) is 10.9. The molecule has 0 radical (unpaired) electrons. The van der Waals surface area contributed by atoms with Gasteiger partial charge in [-0.15, -0.1) is 24.0 Å². The first-order valence-corrected chi connectivity index (χ1v) is 7.53. The highest BCUT2D eigenvalue weighted by Gasteiger charge is 2.08. The van der Waals surface area contributed by atoms with Gasteiger partial charge in [0, 0.05) is 25.7 Å². The van der Waals surface area contributed by atoms with E-state index in [2.05, 4.69) is 15.6 Å². The molecule has 0 aliphatic carbocycles. The van der Waals surface area contributed by atoms with Gasteiger partial charge in [0.15, 0.2) is 5.96 Å². The fraction of sp³-hybridized carbons (Fsp3) is 0.278. The zero-order chi connectivity index (χ0) is 16.7. The maximum atomic E-state index is 13.6. The summed E-state index contributed by atoms with van der Waals surface area (Å²) in [6, 6.07) is 12.0.